The Bertz CT molecular complexity index is 1090. The van der Waals surface area contributed by atoms with E-state index in [1.807, 2.05) is 24.4 Å². The van der Waals surface area contributed by atoms with E-state index in [2.05, 4.69) is 31.4 Å². The van der Waals surface area contributed by atoms with E-state index in [1.54, 1.807) is 16.9 Å². The lowest BCUT2D eigenvalue weighted by Gasteiger charge is -2.10. The molecule has 1 aliphatic rings. The van der Waals surface area contributed by atoms with Crippen LogP contribution in [0.5, 0.6) is 0 Å². The van der Waals surface area contributed by atoms with Crippen molar-refractivity contribution in [3.05, 3.63) is 63.6 Å². The summed E-state index contributed by atoms with van der Waals surface area (Å²) in [7, 11) is 0. The molecule has 1 N–H and O–H groups in total. The van der Waals surface area contributed by atoms with E-state index < -0.39 is 17.8 Å². The molecule has 0 bridgehead atoms. The molecule has 10 heteroatoms. The third-order valence-electron chi connectivity index (χ3n) is 5.23. The number of nitrogens with zero attached hydrogens (tertiary/aromatic N) is 4. The molecule has 0 saturated heterocycles. The maximum atomic E-state index is 13.4. The summed E-state index contributed by atoms with van der Waals surface area (Å²) in [6, 6.07) is 7.28. The van der Waals surface area contributed by atoms with Gasteiger partial charge in [0, 0.05) is 23.1 Å². The van der Waals surface area contributed by atoms with Gasteiger partial charge in [-0.1, -0.05) is 18.6 Å². The minimum Gasteiger partial charge on any atom is -0.324 e. The first kappa shape index (κ1) is 21.6. The molecular weight excluding hydrogens is 475 g/mol. The number of alkyl halides is 3. The topological polar surface area (TPSA) is 64.7 Å². The van der Waals surface area contributed by atoms with Crippen LogP contribution in [0.1, 0.15) is 41.8 Å². The van der Waals surface area contributed by atoms with Gasteiger partial charge in [0.2, 0.25) is 5.91 Å². The molecular formula is C21H21BrF3N5O. The molecule has 0 atom stereocenters. The lowest BCUT2D eigenvalue weighted by atomic mass is 10.1. The van der Waals surface area contributed by atoms with Crippen molar-refractivity contribution in [3.8, 4) is 0 Å². The van der Waals surface area contributed by atoms with Gasteiger partial charge in [0.25, 0.3) is 0 Å². The average molecular weight is 496 g/mol. The van der Waals surface area contributed by atoms with Crippen LogP contribution in [0.3, 0.4) is 0 Å². The lowest BCUT2D eigenvalue weighted by Crippen LogP contribution is -2.21. The van der Waals surface area contributed by atoms with Crippen LogP contribution in [-0.4, -0.2) is 25.5 Å². The number of halogens is 4. The van der Waals surface area contributed by atoms with Gasteiger partial charge in [0.1, 0.15) is 6.54 Å². The van der Waals surface area contributed by atoms with Crippen LogP contribution in [-0.2, 0) is 36.9 Å². The van der Waals surface area contributed by atoms with Gasteiger partial charge in [0.15, 0.2) is 5.69 Å². The third-order valence-corrected chi connectivity index (χ3v) is 5.64. The molecule has 4 rings (SSSR count). The van der Waals surface area contributed by atoms with Crippen LogP contribution in [0.4, 0.5) is 18.9 Å². The molecule has 0 aliphatic heterocycles. The summed E-state index contributed by atoms with van der Waals surface area (Å²) in [6.07, 6.45) is 2.22. The summed E-state index contributed by atoms with van der Waals surface area (Å²) in [5, 5.41) is 10.8. The Morgan fingerprint density at radius 2 is 2.00 bits per heavy atom. The molecule has 0 spiro atoms. The molecule has 6 nitrogen and oxygen atoms in total. The van der Waals surface area contributed by atoms with Crippen molar-refractivity contribution in [2.45, 2.75) is 51.4 Å². The minimum atomic E-state index is -4.52. The predicted octanol–water partition coefficient (Wildman–Crippen LogP) is 4.82. The van der Waals surface area contributed by atoms with Gasteiger partial charge < -0.3 is 5.32 Å². The van der Waals surface area contributed by atoms with Crippen molar-refractivity contribution in [1.29, 1.82) is 0 Å². The van der Waals surface area contributed by atoms with Gasteiger partial charge in [-0.2, -0.15) is 23.4 Å². The van der Waals surface area contributed by atoms with Crippen LogP contribution < -0.4 is 5.32 Å². The van der Waals surface area contributed by atoms with Crippen LogP contribution in [0.15, 0.2) is 41.1 Å². The number of rotatable bonds is 5. The summed E-state index contributed by atoms with van der Waals surface area (Å²) in [5.74, 6) is -0.415. The normalized spacial score (nSPS) is 14.2. The Labute approximate surface area is 185 Å². The zero-order chi connectivity index (χ0) is 22.0. The molecule has 1 aromatic carbocycles. The van der Waals surface area contributed by atoms with Crippen molar-refractivity contribution >= 4 is 27.5 Å². The first-order valence-electron chi connectivity index (χ1n) is 10.0. The van der Waals surface area contributed by atoms with Gasteiger partial charge in [-0.25, -0.2) is 0 Å². The monoisotopic (exact) mass is 495 g/mol. The Balaban J connectivity index is 1.49. The molecule has 31 heavy (non-hydrogen) atoms. The summed E-state index contributed by atoms with van der Waals surface area (Å²) in [4.78, 5) is 12.6. The van der Waals surface area contributed by atoms with Crippen LogP contribution in [0, 0.1) is 0 Å². The molecule has 2 aromatic heterocycles. The fourth-order valence-electron chi connectivity index (χ4n) is 3.90. The quantitative estimate of drug-likeness (QED) is 0.516. The van der Waals surface area contributed by atoms with Crippen LogP contribution in [0.2, 0.25) is 0 Å². The maximum Gasteiger partial charge on any atom is 0.435 e. The number of fused-ring (bicyclic) bond motifs is 1. The van der Waals surface area contributed by atoms with Crippen molar-refractivity contribution in [2.75, 3.05) is 5.32 Å². The second-order valence-electron chi connectivity index (χ2n) is 7.59. The fraction of sp³-hybridized carbons (Fsp3) is 0.381. The summed E-state index contributed by atoms with van der Waals surface area (Å²) in [6.45, 7) is 0.270. The first-order chi connectivity index (χ1) is 14.8. The number of nitrogens with one attached hydrogen (secondary N) is 1. The number of anilines is 1. The number of aromatic nitrogens is 4. The van der Waals surface area contributed by atoms with E-state index in [1.165, 1.54) is 4.68 Å². The molecule has 2 heterocycles. The molecule has 0 unspecified atom stereocenters. The highest BCUT2D eigenvalue weighted by atomic mass is 79.9. The number of carbonyl (C=O) groups is 1. The molecule has 0 radical (unpaired) electrons. The Hall–Kier alpha value is -2.62. The first-order valence-corrected chi connectivity index (χ1v) is 10.8. The molecule has 3 aromatic rings. The minimum absolute atomic E-state index is 0.241. The van der Waals surface area contributed by atoms with E-state index in [0.717, 1.165) is 22.9 Å². The van der Waals surface area contributed by atoms with Crippen molar-refractivity contribution in [1.82, 2.24) is 19.6 Å². The number of carbonyl (C=O) groups excluding carboxylic acids is 1. The van der Waals surface area contributed by atoms with Gasteiger partial charge in [-0.3, -0.25) is 14.2 Å². The molecule has 164 valence electrons. The van der Waals surface area contributed by atoms with Gasteiger partial charge in [0.05, 0.1) is 17.2 Å². The number of hydrogen-bond donors (Lipinski definition) is 1. The predicted molar refractivity (Wildman–Crippen MR) is 113 cm³/mol. The highest BCUT2D eigenvalue weighted by Crippen LogP contribution is 2.35. The van der Waals surface area contributed by atoms with E-state index in [0.29, 0.717) is 37.2 Å². The zero-order valence-corrected chi connectivity index (χ0v) is 18.2. The van der Waals surface area contributed by atoms with E-state index in [9.17, 15) is 18.0 Å². The van der Waals surface area contributed by atoms with Crippen molar-refractivity contribution in [3.63, 3.8) is 0 Å². The van der Waals surface area contributed by atoms with E-state index >= 15 is 0 Å². The maximum absolute atomic E-state index is 13.4. The summed E-state index contributed by atoms with van der Waals surface area (Å²) < 4.78 is 44.2. The SMILES string of the molecule is O=C(Cn1nc(C(F)(F)F)c2c1CCCCC2)Nc1cccc(Cn2cc(Br)cn2)c1. The Morgan fingerprint density at radius 3 is 2.74 bits per heavy atom. The largest absolute Gasteiger partial charge is 0.435 e. The smallest absolute Gasteiger partial charge is 0.324 e. The van der Waals surface area contributed by atoms with Crippen LogP contribution in [0.25, 0.3) is 0 Å². The summed E-state index contributed by atoms with van der Waals surface area (Å²) >= 11 is 3.35. The van der Waals surface area contributed by atoms with E-state index in [-0.39, 0.29) is 12.1 Å². The summed E-state index contributed by atoms with van der Waals surface area (Å²) in [5.41, 5.74) is 1.41. The Morgan fingerprint density at radius 1 is 1.19 bits per heavy atom. The van der Waals surface area contributed by atoms with Gasteiger partial charge >= 0.3 is 6.18 Å². The number of amides is 1. The van der Waals surface area contributed by atoms with Crippen molar-refractivity contribution in [2.24, 2.45) is 0 Å². The molecule has 0 fully saturated rings. The third kappa shape index (κ3) is 5.17. The highest BCUT2D eigenvalue weighted by molar-refractivity contribution is 9.10. The van der Waals surface area contributed by atoms with Crippen molar-refractivity contribution < 1.29 is 18.0 Å². The average Bonchev–Trinajstić information content (AvgIpc) is 3.16. The van der Waals surface area contributed by atoms with Gasteiger partial charge in [-0.15, -0.1) is 0 Å². The standard InChI is InChI=1S/C21H21BrF3N5O/c22-15-10-26-29(12-15)11-14-5-4-6-16(9-14)27-19(31)13-30-18-8-3-1-2-7-17(18)20(28-30)21(23,24)25/h4-6,9-10,12H,1-3,7-8,11,13H2,(H,27,31). The number of hydrogen-bond acceptors (Lipinski definition) is 3. The Kier molecular flexibility index (Phi) is 6.17. The highest BCUT2D eigenvalue weighted by Gasteiger charge is 2.39. The molecule has 0 saturated carbocycles. The second-order valence-corrected chi connectivity index (χ2v) is 8.51. The number of benzene rings is 1. The molecule has 1 amide bonds. The van der Waals surface area contributed by atoms with E-state index in [4.69, 9.17) is 0 Å². The fourth-order valence-corrected chi connectivity index (χ4v) is 4.23. The van der Waals surface area contributed by atoms with Gasteiger partial charge in [-0.05, 0) is 59.3 Å². The lowest BCUT2D eigenvalue weighted by molar-refractivity contribution is -0.142. The second kappa shape index (κ2) is 8.86. The molecule has 1 aliphatic carbocycles. The van der Waals surface area contributed by atoms with Crippen LogP contribution >= 0.6 is 15.9 Å². The zero-order valence-electron chi connectivity index (χ0n) is 16.6.